The fourth-order valence-corrected chi connectivity index (χ4v) is 3.22. The van der Waals surface area contributed by atoms with E-state index in [4.69, 9.17) is 0 Å². The molecule has 0 aliphatic rings. The van der Waals surface area contributed by atoms with E-state index >= 15 is 0 Å². The highest BCUT2D eigenvalue weighted by atomic mass is 16.6. The van der Waals surface area contributed by atoms with Gasteiger partial charge in [-0.05, 0) is 44.4 Å². The van der Waals surface area contributed by atoms with Crippen LogP contribution in [0.15, 0.2) is 42.6 Å². The Morgan fingerprint density at radius 2 is 2.04 bits per heavy atom. The van der Waals surface area contributed by atoms with E-state index in [0.717, 1.165) is 39.7 Å². The van der Waals surface area contributed by atoms with Crippen LogP contribution in [0.4, 0.5) is 11.4 Å². The Morgan fingerprint density at radius 3 is 2.69 bits per heavy atom. The summed E-state index contributed by atoms with van der Waals surface area (Å²) in [5, 5.41) is 25.6. The molecule has 0 saturated carbocycles. The average Bonchev–Trinajstić information content (AvgIpc) is 2.98. The Balaban J connectivity index is 1.74. The van der Waals surface area contributed by atoms with Crippen LogP contribution in [0.3, 0.4) is 0 Å². The topological polar surface area (TPSA) is 91.2 Å². The number of nitrogens with zero attached hydrogens (tertiary/aromatic N) is 1. The van der Waals surface area contributed by atoms with Gasteiger partial charge in [0.2, 0.25) is 0 Å². The number of H-pyrrole nitrogens is 1. The Labute approximate surface area is 152 Å². The minimum absolute atomic E-state index is 0.101. The standard InChI is InChI=1S/C20H23N3O3/c1-13-11-15(23(25)26)7-8-18(13)21-10-9-14-12-22-19-16(14)5-4-6-17(19)20(2,3)24/h4-8,11-12,21-22,24H,9-10H2,1-3H3. The van der Waals surface area contributed by atoms with Crippen molar-refractivity contribution in [2.75, 3.05) is 11.9 Å². The van der Waals surface area contributed by atoms with Gasteiger partial charge in [-0.15, -0.1) is 0 Å². The highest BCUT2D eigenvalue weighted by Crippen LogP contribution is 2.29. The summed E-state index contributed by atoms with van der Waals surface area (Å²) in [6.45, 7) is 6.12. The molecule has 0 unspecified atom stereocenters. The average molecular weight is 353 g/mol. The lowest BCUT2D eigenvalue weighted by Crippen LogP contribution is -2.15. The fraction of sp³-hybridized carbons (Fsp3) is 0.300. The second kappa shape index (κ2) is 6.80. The number of rotatable bonds is 6. The van der Waals surface area contributed by atoms with Gasteiger partial charge in [0.05, 0.1) is 16.0 Å². The molecule has 1 aromatic heterocycles. The van der Waals surface area contributed by atoms with Crippen molar-refractivity contribution in [3.05, 3.63) is 69.4 Å². The van der Waals surface area contributed by atoms with Crippen molar-refractivity contribution >= 4 is 22.3 Å². The summed E-state index contributed by atoms with van der Waals surface area (Å²) in [6.07, 6.45) is 2.77. The molecule has 0 atom stereocenters. The van der Waals surface area contributed by atoms with Crippen molar-refractivity contribution in [3.63, 3.8) is 0 Å². The predicted molar refractivity (Wildman–Crippen MR) is 104 cm³/mol. The first-order valence-electron chi connectivity index (χ1n) is 8.58. The van der Waals surface area contributed by atoms with Crippen molar-refractivity contribution in [2.45, 2.75) is 32.8 Å². The number of aromatic nitrogens is 1. The van der Waals surface area contributed by atoms with Gasteiger partial charge >= 0.3 is 0 Å². The highest BCUT2D eigenvalue weighted by molar-refractivity contribution is 5.86. The molecule has 6 heteroatoms. The van der Waals surface area contributed by atoms with E-state index in [9.17, 15) is 15.2 Å². The molecule has 0 amide bonds. The van der Waals surface area contributed by atoms with Gasteiger partial charge in [-0.3, -0.25) is 10.1 Å². The first-order valence-corrected chi connectivity index (χ1v) is 8.58. The number of hydrogen-bond donors (Lipinski definition) is 3. The molecule has 0 fully saturated rings. The maximum atomic E-state index is 10.8. The van der Waals surface area contributed by atoms with Crippen LogP contribution >= 0.6 is 0 Å². The van der Waals surface area contributed by atoms with Gasteiger partial charge in [-0.1, -0.05) is 18.2 Å². The molecule has 2 aromatic carbocycles. The van der Waals surface area contributed by atoms with Crippen molar-refractivity contribution in [2.24, 2.45) is 0 Å². The zero-order valence-electron chi connectivity index (χ0n) is 15.2. The normalized spacial score (nSPS) is 11.7. The maximum Gasteiger partial charge on any atom is 0.269 e. The number of fused-ring (bicyclic) bond motifs is 1. The zero-order chi connectivity index (χ0) is 18.9. The predicted octanol–water partition coefficient (Wildman–Crippen LogP) is 4.27. The number of aryl methyl sites for hydroxylation is 1. The summed E-state index contributed by atoms with van der Waals surface area (Å²) in [7, 11) is 0. The summed E-state index contributed by atoms with van der Waals surface area (Å²) >= 11 is 0. The Kier molecular flexibility index (Phi) is 4.70. The lowest BCUT2D eigenvalue weighted by atomic mass is 9.95. The summed E-state index contributed by atoms with van der Waals surface area (Å²) in [4.78, 5) is 13.7. The van der Waals surface area contributed by atoms with E-state index in [1.54, 1.807) is 26.0 Å². The zero-order valence-corrected chi connectivity index (χ0v) is 15.2. The van der Waals surface area contributed by atoms with Crippen LogP contribution in [-0.2, 0) is 12.0 Å². The minimum Gasteiger partial charge on any atom is -0.386 e. The maximum absolute atomic E-state index is 10.8. The summed E-state index contributed by atoms with van der Waals surface area (Å²) in [5.41, 5.74) is 3.94. The quantitative estimate of drug-likeness (QED) is 0.456. The molecule has 3 N–H and O–H groups in total. The van der Waals surface area contributed by atoms with Gasteiger partial charge in [0.1, 0.15) is 0 Å². The van der Waals surface area contributed by atoms with E-state index in [1.165, 1.54) is 6.07 Å². The van der Waals surface area contributed by atoms with Crippen LogP contribution < -0.4 is 5.32 Å². The van der Waals surface area contributed by atoms with Gasteiger partial charge in [-0.25, -0.2) is 0 Å². The van der Waals surface area contributed by atoms with Crippen LogP contribution in [-0.4, -0.2) is 21.6 Å². The van der Waals surface area contributed by atoms with Gasteiger partial charge < -0.3 is 15.4 Å². The molecule has 0 spiro atoms. The molecule has 3 aromatic rings. The number of anilines is 1. The first kappa shape index (κ1) is 17.9. The van der Waals surface area contributed by atoms with Crippen LogP contribution in [0, 0.1) is 17.0 Å². The van der Waals surface area contributed by atoms with Gasteiger partial charge in [0, 0.05) is 41.5 Å². The minimum atomic E-state index is -0.907. The Bertz CT molecular complexity index is 955. The fourth-order valence-electron chi connectivity index (χ4n) is 3.22. The second-order valence-corrected chi connectivity index (χ2v) is 7.03. The van der Waals surface area contributed by atoms with Crippen LogP contribution in [0.2, 0.25) is 0 Å². The number of nitro benzene ring substituents is 1. The molecule has 6 nitrogen and oxygen atoms in total. The molecule has 0 bridgehead atoms. The van der Waals surface area contributed by atoms with Crippen LogP contribution in [0.25, 0.3) is 10.9 Å². The Hall–Kier alpha value is -2.86. The molecule has 0 saturated heterocycles. The van der Waals surface area contributed by atoms with E-state index in [2.05, 4.69) is 10.3 Å². The van der Waals surface area contributed by atoms with Crippen LogP contribution in [0.5, 0.6) is 0 Å². The van der Waals surface area contributed by atoms with Crippen molar-refractivity contribution in [3.8, 4) is 0 Å². The SMILES string of the molecule is Cc1cc([N+](=O)[O-])ccc1NCCc1c[nH]c2c(C(C)(C)O)cccc12. The summed E-state index contributed by atoms with van der Waals surface area (Å²) in [5.74, 6) is 0. The van der Waals surface area contributed by atoms with Crippen LogP contribution in [0.1, 0.15) is 30.5 Å². The Morgan fingerprint density at radius 1 is 1.27 bits per heavy atom. The lowest BCUT2D eigenvalue weighted by molar-refractivity contribution is -0.384. The number of non-ortho nitro benzene ring substituents is 1. The molecule has 0 radical (unpaired) electrons. The number of nitro groups is 1. The van der Waals surface area contributed by atoms with E-state index in [0.29, 0.717) is 6.54 Å². The van der Waals surface area contributed by atoms with Crippen molar-refractivity contribution < 1.29 is 10.0 Å². The third-order valence-corrected chi connectivity index (χ3v) is 4.59. The van der Waals surface area contributed by atoms with Gasteiger partial charge in [-0.2, -0.15) is 0 Å². The smallest absolute Gasteiger partial charge is 0.269 e. The molecule has 1 heterocycles. The summed E-state index contributed by atoms with van der Waals surface area (Å²) in [6, 6.07) is 10.8. The number of hydrogen-bond acceptors (Lipinski definition) is 4. The molecule has 136 valence electrons. The number of aromatic amines is 1. The lowest BCUT2D eigenvalue weighted by Gasteiger charge is -2.18. The monoisotopic (exact) mass is 353 g/mol. The molecule has 3 rings (SSSR count). The van der Waals surface area contributed by atoms with E-state index in [-0.39, 0.29) is 10.6 Å². The third-order valence-electron chi connectivity index (χ3n) is 4.59. The second-order valence-electron chi connectivity index (χ2n) is 7.03. The largest absolute Gasteiger partial charge is 0.386 e. The highest BCUT2D eigenvalue weighted by Gasteiger charge is 2.20. The number of benzene rings is 2. The molecular formula is C20H23N3O3. The van der Waals surface area contributed by atoms with Crippen molar-refractivity contribution in [1.29, 1.82) is 0 Å². The number of nitrogens with one attached hydrogen (secondary N) is 2. The number of aliphatic hydroxyl groups is 1. The van der Waals surface area contributed by atoms with E-state index < -0.39 is 5.60 Å². The summed E-state index contributed by atoms with van der Waals surface area (Å²) < 4.78 is 0. The van der Waals surface area contributed by atoms with E-state index in [1.807, 2.05) is 31.3 Å². The molecule has 0 aliphatic carbocycles. The number of para-hydroxylation sites is 1. The first-order chi connectivity index (χ1) is 12.3. The van der Waals surface area contributed by atoms with Gasteiger partial charge in [0.25, 0.3) is 5.69 Å². The third kappa shape index (κ3) is 3.55. The van der Waals surface area contributed by atoms with Crippen molar-refractivity contribution in [1.82, 2.24) is 4.98 Å². The molecule has 0 aliphatic heterocycles. The molecule has 26 heavy (non-hydrogen) atoms. The molecular weight excluding hydrogens is 330 g/mol. The van der Waals surface area contributed by atoms with Gasteiger partial charge in [0.15, 0.2) is 0 Å².